The van der Waals surface area contributed by atoms with Crippen molar-refractivity contribution in [2.75, 3.05) is 13.1 Å². The minimum atomic E-state index is 0.326. The number of nitrogens with zero attached hydrogens (tertiary/aromatic N) is 1. The molecule has 2 aliphatic rings. The molecule has 3 rings (SSSR count). The smallest absolute Gasteiger partial charge is 0.223 e. The molecule has 3 unspecified atom stereocenters. The number of aryl methyl sites for hydroxylation is 1. The summed E-state index contributed by atoms with van der Waals surface area (Å²) in [5.41, 5.74) is 1.25. The van der Waals surface area contributed by atoms with E-state index in [9.17, 15) is 4.79 Å². The molecule has 0 aliphatic carbocycles. The lowest BCUT2D eigenvalue weighted by molar-refractivity contribution is -0.133. The van der Waals surface area contributed by atoms with Crippen LogP contribution < -0.4 is 5.32 Å². The highest BCUT2D eigenvalue weighted by Gasteiger charge is 2.43. The summed E-state index contributed by atoms with van der Waals surface area (Å²) >= 11 is 0. The van der Waals surface area contributed by atoms with E-state index in [0.29, 0.717) is 30.3 Å². The van der Waals surface area contributed by atoms with Crippen LogP contribution in [0.3, 0.4) is 0 Å². The third-order valence-electron chi connectivity index (χ3n) is 4.54. The SMILES string of the molecule is CC1CC2CNCC2N1C(=O)CCc1ccccc1. The maximum atomic E-state index is 12.5. The topological polar surface area (TPSA) is 32.3 Å². The molecule has 102 valence electrons. The third kappa shape index (κ3) is 2.52. The molecule has 0 bridgehead atoms. The Morgan fingerprint density at radius 3 is 2.89 bits per heavy atom. The van der Waals surface area contributed by atoms with Gasteiger partial charge in [0.15, 0.2) is 0 Å². The van der Waals surface area contributed by atoms with Crippen molar-refractivity contribution in [2.45, 2.75) is 38.3 Å². The molecule has 1 aromatic rings. The van der Waals surface area contributed by atoms with Gasteiger partial charge in [-0.25, -0.2) is 0 Å². The molecular formula is C16H22N2O. The highest BCUT2D eigenvalue weighted by atomic mass is 16.2. The second-order valence-corrected chi connectivity index (χ2v) is 5.86. The van der Waals surface area contributed by atoms with Crippen molar-refractivity contribution >= 4 is 5.91 Å². The molecule has 3 heteroatoms. The van der Waals surface area contributed by atoms with Crippen molar-refractivity contribution in [1.82, 2.24) is 10.2 Å². The van der Waals surface area contributed by atoms with Gasteiger partial charge in [-0.3, -0.25) is 4.79 Å². The normalized spacial score (nSPS) is 29.5. The molecule has 2 heterocycles. The van der Waals surface area contributed by atoms with Crippen LogP contribution in [-0.4, -0.2) is 36.0 Å². The number of rotatable bonds is 3. The van der Waals surface area contributed by atoms with Gasteiger partial charge >= 0.3 is 0 Å². The number of fused-ring (bicyclic) bond motifs is 1. The first-order valence-electron chi connectivity index (χ1n) is 7.31. The van der Waals surface area contributed by atoms with Crippen LogP contribution in [0, 0.1) is 5.92 Å². The number of amides is 1. The van der Waals surface area contributed by atoms with Crippen molar-refractivity contribution in [3.63, 3.8) is 0 Å². The quantitative estimate of drug-likeness (QED) is 0.897. The third-order valence-corrected chi connectivity index (χ3v) is 4.54. The molecule has 3 nitrogen and oxygen atoms in total. The van der Waals surface area contributed by atoms with Crippen LogP contribution in [0.15, 0.2) is 30.3 Å². The number of hydrogen-bond donors (Lipinski definition) is 1. The second kappa shape index (κ2) is 5.33. The van der Waals surface area contributed by atoms with Crippen molar-refractivity contribution < 1.29 is 4.79 Å². The predicted octanol–water partition coefficient (Wildman–Crippen LogP) is 1.83. The van der Waals surface area contributed by atoms with Gasteiger partial charge in [-0.15, -0.1) is 0 Å². The van der Waals surface area contributed by atoms with E-state index >= 15 is 0 Å². The number of benzene rings is 1. The van der Waals surface area contributed by atoms with Gasteiger partial charge in [0.2, 0.25) is 5.91 Å². The average molecular weight is 258 g/mol. The Bertz CT molecular complexity index is 445. The lowest BCUT2D eigenvalue weighted by atomic mass is 10.0. The van der Waals surface area contributed by atoms with Gasteiger partial charge in [0, 0.05) is 31.6 Å². The Hall–Kier alpha value is -1.35. The van der Waals surface area contributed by atoms with Gasteiger partial charge in [0.05, 0.1) is 0 Å². The predicted molar refractivity (Wildman–Crippen MR) is 75.8 cm³/mol. The van der Waals surface area contributed by atoms with E-state index < -0.39 is 0 Å². The molecule has 2 aliphatic heterocycles. The van der Waals surface area contributed by atoms with Crippen molar-refractivity contribution in [1.29, 1.82) is 0 Å². The van der Waals surface area contributed by atoms with E-state index in [0.717, 1.165) is 25.9 Å². The molecule has 0 radical (unpaired) electrons. The number of nitrogens with one attached hydrogen (secondary N) is 1. The zero-order chi connectivity index (χ0) is 13.2. The Balaban J connectivity index is 1.61. The fourth-order valence-electron chi connectivity index (χ4n) is 3.62. The van der Waals surface area contributed by atoms with Crippen LogP contribution in [0.2, 0.25) is 0 Å². The van der Waals surface area contributed by atoms with Crippen LogP contribution in [-0.2, 0) is 11.2 Å². The highest BCUT2D eigenvalue weighted by molar-refractivity contribution is 5.77. The summed E-state index contributed by atoms with van der Waals surface area (Å²) in [6.45, 7) is 4.25. The van der Waals surface area contributed by atoms with Crippen LogP contribution in [0.1, 0.15) is 25.3 Å². The van der Waals surface area contributed by atoms with Crippen molar-refractivity contribution in [2.24, 2.45) is 5.92 Å². The molecule has 2 fully saturated rings. The minimum Gasteiger partial charge on any atom is -0.335 e. The Labute approximate surface area is 115 Å². The second-order valence-electron chi connectivity index (χ2n) is 5.86. The maximum absolute atomic E-state index is 12.5. The summed E-state index contributed by atoms with van der Waals surface area (Å²) in [6.07, 6.45) is 2.65. The molecule has 2 saturated heterocycles. The summed E-state index contributed by atoms with van der Waals surface area (Å²) in [7, 11) is 0. The Morgan fingerprint density at radius 2 is 2.11 bits per heavy atom. The van der Waals surface area contributed by atoms with Gasteiger partial charge in [0.25, 0.3) is 0 Å². The largest absolute Gasteiger partial charge is 0.335 e. The van der Waals surface area contributed by atoms with Crippen LogP contribution in [0.25, 0.3) is 0 Å². The monoisotopic (exact) mass is 258 g/mol. The summed E-state index contributed by atoms with van der Waals surface area (Å²) in [4.78, 5) is 14.6. The first-order valence-corrected chi connectivity index (χ1v) is 7.31. The van der Waals surface area contributed by atoms with E-state index in [1.807, 2.05) is 18.2 Å². The molecule has 1 N–H and O–H groups in total. The molecule has 1 amide bonds. The van der Waals surface area contributed by atoms with E-state index in [2.05, 4.69) is 29.3 Å². The molecule has 3 atom stereocenters. The van der Waals surface area contributed by atoms with Crippen LogP contribution >= 0.6 is 0 Å². The standard InChI is InChI=1S/C16H22N2O/c1-12-9-14-10-17-11-15(14)18(12)16(19)8-7-13-5-3-2-4-6-13/h2-6,12,14-15,17H,7-11H2,1H3. The number of carbonyl (C=O) groups excluding carboxylic acids is 1. The maximum Gasteiger partial charge on any atom is 0.223 e. The molecule has 19 heavy (non-hydrogen) atoms. The summed E-state index contributed by atoms with van der Waals surface area (Å²) in [5, 5.41) is 3.41. The average Bonchev–Trinajstić information content (AvgIpc) is 2.97. The van der Waals surface area contributed by atoms with Crippen LogP contribution in [0.4, 0.5) is 0 Å². The lowest BCUT2D eigenvalue weighted by Crippen LogP contribution is -2.42. The first-order chi connectivity index (χ1) is 9.25. The van der Waals surface area contributed by atoms with Gasteiger partial charge < -0.3 is 10.2 Å². The molecular weight excluding hydrogens is 236 g/mol. The Kier molecular flexibility index (Phi) is 3.56. The van der Waals surface area contributed by atoms with Crippen molar-refractivity contribution in [3.05, 3.63) is 35.9 Å². The molecule has 0 aromatic heterocycles. The first kappa shape index (κ1) is 12.7. The number of hydrogen-bond acceptors (Lipinski definition) is 2. The zero-order valence-corrected chi connectivity index (χ0v) is 11.5. The summed E-state index contributed by atoms with van der Waals surface area (Å²) in [6, 6.07) is 11.1. The van der Waals surface area contributed by atoms with E-state index in [1.165, 1.54) is 5.56 Å². The van der Waals surface area contributed by atoms with E-state index in [4.69, 9.17) is 0 Å². The Morgan fingerprint density at radius 1 is 1.32 bits per heavy atom. The fraction of sp³-hybridized carbons (Fsp3) is 0.562. The number of carbonyl (C=O) groups is 1. The number of likely N-dealkylation sites (tertiary alicyclic amines) is 1. The van der Waals surface area contributed by atoms with Gasteiger partial charge in [-0.05, 0) is 31.2 Å². The van der Waals surface area contributed by atoms with Crippen LogP contribution in [0.5, 0.6) is 0 Å². The van der Waals surface area contributed by atoms with Gasteiger partial charge in [-0.2, -0.15) is 0 Å². The van der Waals surface area contributed by atoms with E-state index in [1.54, 1.807) is 0 Å². The minimum absolute atomic E-state index is 0.326. The summed E-state index contributed by atoms with van der Waals surface area (Å²) < 4.78 is 0. The van der Waals surface area contributed by atoms with Gasteiger partial charge in [-0.1, -0.05) is 30.3 Å². The highest BCUT2D eigenvalue weighted by Crippen LogP contribution is 2.32. The fourth-order valence-corrected chi connectivity index (χ4v) is 3.62. The molecule has 0 saturated carbocycles. The lowest BCUT2D eigenvalue weighted by Gasteiger charge is -2.27. The molecule has 0 spiro atoms. The van der Waals surface area contributed by atoms with E-state index in [-0.39, 0.29) is 0 Å². The molecule has 1 aromatic carbocycles. The van der Waals surface area contributed by atoms with Gasteiger partial charge in [0.1, 0.15) is 0 Å². The van der Waals surface area contributed by atoms with Crippen molar-refractivity contribution in [3.8, 4) is 0 Å². The zero-order valence-electron chi connectivity index (χ0n) is 11.5. The summed E-state index contributed by atoms with van der Waals surface area (Å²) in [5.74, 6) is 1.00.